The van der Waals surface area contributed by atoms with Crippen LogP contribution in [0.25, 0.3) is 0 Å². The molecule has 7 heteroatoms. The van der Waals surface area contributed by atoms with Crippen molar-refractivity contribution in [2.45, 2.75) is 19.3 Å². The molecule has 2 amide bonds. The van der Waals surface area contributed by atoms with Crippen LogP contribution in [0.3, 0.4) is 0 Å². The summed E-state index contributed by atoms with van der Waals surface area (Å²) in [7, 11) is 0. The second kappa shape index (κ2) is 7.37. The smallest absolute Gasteiger partial charge is 0.266 e. The molecule has 0 bridgehead atoms. The van der Waals surface area contributed by atoms with E-state index < -0.39 is 0 Å². The van der Waals surface area contributed by atoms with Gasteiger partial charge in [0.2, 0.25) is 5.91 Å². The van der Waals surface area contributed by atoms with Crippen LogP contribution in [-0.2, 0) is 4.79 Å². The van der Waals surface area contributed by atoms with Crippen LogP contribution in [0.15, 0.2) is 48.5 Å². The summed E-state index contributed by atoms with van der Waals surface area (Å²) in [6.45, 7) is 1.88. The van der Waals surface area contributed by atoms with Crippen LogP contribution in [0.4, 0.5) is 15.1 Å². The first-order chi connectivity index (χ1) is 13.4. The lowest BCUT2D eigenvalue weighted by Crippen LogP contribution is -2.22. The summed E-state index contributed by atoms with van der Waals surface area (Å²) in [5.41, 5.74) is 3.21. The first kappa shape index (κ1) is 18.7. The minimum atomic E-state index is -0.368. The second-order valence-corrected chi connectivity index (χ2v) is 8.08. The number of rotatable bonds is 3. The maximum atomic E-state index is 13.1. The molecule has 0 radical (unpaired) electrons. The molecular weight excluding hydrogens is 399 g/mol. The summed E-state index contributed by atoms with van der Waals surface area (Å²) in [5, 5.41) is 6.95. The number of nitrogens with one attached hydrogen (secondary N) is 2. The van der Waals surface area contributed by atoms with Crippen LogP contribution in [0.2, 0.25) is 5.02 Å². The molecule has 0 spiro atoms. The highest BCUT2D eigenvalue weighted by atomic mass is 35.5. The lowest BCUT2D eigenvalue weighted by molar-refractivity contribution is -0.116. The molecule has 2 heterocycles. The number of thiophene rings is 1. The molecule has 0 saturated carbocycles. The average molecular weight is 415 g/mol. The molecular formula is C21H16ClFN2O2S. The van der Waals surface area contributed by atoms with Gasteiger partial charge in [-0.25, -0.2) is 4.39 Å². The molecule has 3 aromatic rings. The number of amides is 2. The van der Waals surface area contributed by atoms with Crippen LogP contribution < -0.4 is 10.6 Å². The van der Waals surface area contributed by atoms with E-state index in [1.54, 1.807) is 6.07 Å². The van der Waals surface area contributed by atoms with E-state index in [1.165, 1.54) is 35.6 Å². The molecule has 0 unspecified atom stereocenters. The third-order valence-electron chi connectivity index (χ3n) is 4.74. The van der Waals surface area contributed by atoms with Crippen molar-refractivity contribution in [1.82, 2.24) is 0 Å². The molecule has 0 saturated heterocycles. The highest BCUT2D eigenvalue weighted by Crippen LogP contribution is 2.45. The quantitative estimate of drug-likeness (QED) is 0.588. The molecule has 2 N–H and O–H groups in total. The van der Waals surface area contributed by atoms with E-state index >= 15 is 0 Å². The summed E-state index contributed by atoms with van der Waals surface area (Å²) in [6.07, 6.45) is 0.296. The van der Waals surface area contributed by atoms with E-state index in [0.29, 0.717) is 27.0 Å². The lowest BCUT2D eigenvalue weighted by atomic mass is 9.85. The maximum Gasteiger partial charge on any atom is 0.266 e. The first-order valence-electron chi connectivity index (χ1n) is 8.68. The lowest BCUT2D eigenvalue weighted by Gasteiger charge is -2.24. The predicted octanol–water partition coefficient (Wildman–Crippen LogP) is 5.58. The number of hydrogen-bond donors (Lipinski definition) is 2. The predicted molar refractivity (Wildman–Crippen MR) is 110 cm³/mol. The number of carbonyl (C=O) groups excluding carboxylic acids is 2. The SMILES string of the molecule is Cc1c(C(=O)Nc2ccc(F)cc2)sc2c1[C@H](c1cccc(Cl)c1)CC(=O)N2. The molecule has 1 aromatic heterocycles. The number of benzene rings is 2. The van der Waals surface area contributed by atoms with Gasteiger partial charge in [0.25, 0.3) is 5.91 Å². The van der Waals surface area contributed by atoms with Gasteiger partial charge in [-0.2, -0.15) is 0 Å². The summed E-state index contributed by atoms with van der Waals surface area (Å²) in [5.74, 6) is -0.911. The molecule has 1 aliphatic rings. The monoisotopic (exact) mass is 414 g/mol. The molecule has 142 valence electrons. The van der Waals surface area contributed by atoms with Crippen molar-refractivity contribution in [3.63, 3.8) is 0 Å². The fourth-order valence-corrected chi connectivity index (χ4v) is 4.83. The van der Waals surface area contributed by atoms with E-state index in [1.807, 2.05) is 25.1 Å². The summed E-state index contributed by atoms with van der Waals surface area (Å²) in [6, 6.07) is 13.0. The van der Waals surface area contributed by atoms with Crippen molar-refractivity contribution >= 4 is 45.4 Å². The Morgan fingerprint density at radius 2 is 2.00 bits per heavy atom. The van der Waals surface area contributed by atoms with Crippen molar-refractivity contribution in [3.8, 4) is 0 Å². The van der Waals surface area contributed by atoms with Crippen LogP contribution in [0.1, 0.15) is 38.7 Å². The number of anilines is 2. The molecule has 4 rings (SSSR count). The van der Waals surface area contributed by atoms with E-state index in [0.717, 1.165) is 16.7 Å². The molecule has 0 aliphatic carbocycles. The molecule has 28 heavy (non-hydrogen) atoms. The van der Waals surface area contributed by atoms with Gasteiger partial charge in [-0.15, -0.1) is 11.3 Å². The summed E-state index contributed by atoms with van der Waals surface area (Å²) < 4.78 is 13.1. The molecule has 2 aromatic carbocycles. The third-order valence-corrected chi connectivity index (χ3v) is 6.20. The van der Waals surface area contributed by atoms with Gasteiger partial charge >= 0.3 is 0 Å². The fourth-order valence-electron chi connectivity index (χ4n) is 3.45. The van der Waals surface area contributed by atoms with Crippen LogP contribution >= 0.6 is 22.9 Å². The van der Waals surface area contributed by atoms with Gasteiger partial charge in [0.15, 0.2) is 0 Å². The summed E-state index contributed by atoms with van der Waals surface area (Å²) in [4.78, 5) is 25.5. The van der Waals surface area contributed by atoms with E-state index in [-0.39, 0.29) is 23.5 Å². The van der Waals surface area contributed by atoms with Crippen LogP contribution in [-0.4, -0.2) is 11.8 Å². The van der Waals surface area contributed by atoms with Gasteiger partial charge < -0.3 is 10.6 Å². The number of carbonyl (C=O) groups is 2. The second-order valence-electron chi connectivity index (χ2n) is 6.62. The molecule has 0 fully saturated rings. The van der Waals surface area contributed by atoms with Gasteiger partial charge in [0.05, 0.1) is 9.88 Å². The van der Waals surface area contributed by atoms with Gasteiger partial charge in [0.1, 0.15) is 5.82 Å². The van der Waals surface area contributed by atoms with Gasteiger partial charge in [-0.3, -0.25) is 9.59 Å². The van der Waals surface area contributed by atoms with E-state index in [4.69, 9.17) is 11.6 Å². The number of fused-ring (bicyclic) bond motifs is 1. The normalized spacial score (nSPS) is 15.7. The van der Waals surface area contributed by atoms with Crippen molar-refractivity contribution in [1.29, 1.82) is 0 Å². The molecule has 1 aliphatic heterocycles. The van der Waals surface area contributed by atoms with Gasteiger partial charge in [-0.1, -0.05) is 23.7 Å². The summed E-state index contributed by atoms with van der Waals surface area (Å²) >= 11 is 7.38. The Hall–Kier alpha value is -2.70. The Kier molecular flexibility index (Phi) is 4.91. The van der Waals surface area contributed by atoms with E-state index in [9.17, 15) is 14.0 Å². The Bertz CT molecular complexity index is 1080. The van der Waals surface area contributed by atoms with Crippen molar-refractivity contribution in [2.24, 2.45) is 0 Å². The van der Waals surface area contributed by atoms with Crippen molar-refractivity contribution in [3.05, 3.63) is 80.9 Å². The highest BCUT2D eigenvalue weighted by Gasteiger charge is 2.32. The zero-order valence-electron chi connectivity index (χ0n) is 14.9. The Balaban J connectivity index is 1.70. The topological polar surface area (TPSA) is 58.2 Å². The Morgan fingerprint density at radius 3 is 2.71 bits per heavy atom. The highest BCUT2D eigenvalue weighted by molar-refractivity contribution is 7.18. The van der Waals surface area contributed by atoms with Crippen LogP contribution in [0, 0.1) is 12.7 Å². The Labute approximate surface area is 170 Å². The molecule has 4 nitrogen and oxygen atoms in total. The average Bonchev–Trinajstić information content (AvgIpc) is 2.99. The van der Waals surface area contributed by atoms with Gasteiger partial charge in [0, 0.05) is 23.0 Å². The minimum absolute atomic E-state index is 0.0933. The maximum absolute atomic E-state index is 13.1. The fraction of sp³-hybridized carbons (Fsp3) is 0.143. The largest absolute Gasteiger partial charge is 0.321 e. The number of halogens is 2. The third kappa shape index (κ3) is 3.53. The van der Waals surface area contributed by atoms with Crippen molar-refractivity contribution < 1.29 is 14.0 Å². The zero-order chi connectivity index (χ0) is 19.8. The van der Waals surface area contributed by atoms with Crippen molar-refractivity contribution in [2.75, 3.05) is 10.6 Å². The minimum Gasteiger partial charge on any atom is -0.321 e. The van der Waals surface area contributed by atoms with Gasteiger partial charge in [-0.05, 0) is 60.0 Å². The van der Waals surface area contributed by atoms with E-state index in [2.05, 4.69) is 10.6 Å². The van der Waals surface area contributed by atoms with Crippen LogP contribution in [0.5, 0.6) is 0 Å². The number of hydrogen-bond acceptors (Lipinski definition) is 3. The Morgan fingerprint density at radius 1 is 1.25 bits per heavy atom. The zero-order valence-corrected chi connectivity index (χ0v) is 16.5. The first-order valence-corrected chi connectivity index (χ1v) is 9.87. The molecule has 1 atom stereocenters. The standard InChI is InChI=1S/C21H16ClFN2O2S/c1-11-18-16(12-3-2-4-13(22)9-12)10-17(26)25-21(18)28-19(11)20(27)24-15-7-5-14(23)6-8-15/h2-9,16H,10H2,1H3,(H,24,27)(H,25,26)/t16-/m0/s1.